The van der Waals surface area contributed by atoms with E-state index in [1.54, 1.807) is 0 Å². The molecule has 1 aliphatic rings. The molecule has 1 aliphatic heterocycles. The summed E-state index contributed by atoms with van der Waals surface area (Å²) < 4.78 is 5.44. The van der Waals surface area contributed by atoms with E-state index in [1.165, 1.54) is 5.56 Å². The van der Waals surface area contributed by atoms with E-state index in [9.17, 15) is 4.79 Å². The first kappa shape index (κ1) is 12.9. The van der Waals surface area contributed by atoms with Crippen molar-refractivity contribution in [1.82, 2.24) is 5.32 Å². The molecular weight excluding hydrogens is 228 g/mol. The third-order valence-corrected chi connectivity index (χ3v) is 3.07. The van der Waals surface area contributed by atoms with Gasteiger partial charge in [0.1, 0.15) is 5.75 Å². The third kappa shape index (κ3) is 3.47. The Morgan fingerprint density at radius 2 is 2.39 bits per heavy atom. The van der Waals surface area contributed by atoms with Crippen molar-refractivity contribution >= 4 is 5.91 Å². The van der Waals surface area contributed by atoms with Gasteiger partial charge < -0.3 is 15.8 Å². The summed E-state index contributed by atoms with van der Waals surface area (Å²) >= 11 is 0. The molecule has 0 radical (unpaired) electrons. The molecule has 4 heteroatoms. The van der Waals surface area contributed by atoms with Crippen LogP contribution in [0.25, 0.3) is 0 Å². The molecule has 0 saturated carbocycles. The van der Waals surface area contributed by atoms with E-state index in [0.717, 1.165) is 30.8 Å². The van der Waals surface area contributed by atoms with Gasteiger partial charge in [0.05, 0.1) is 6.61 Å². The Morgan fingerprint density at radius 3 is 3.17 bits per heavy atom. The van der Waals surface area contributed by atoms with Gasteiger partial charge in [0.25, 0.3) is 0 Å². The van der Waals surface area contributed by atoms with Crippen LogP contribution in [-0.4, -0.2) is 18.6 Å². The average molecular weight is 248 g/mol. The molecule has 1 atom stereocenters. The number of benzene rings is 1. The molecule has 1 heterocycles. The van der Waals surface area contributed by atoms with Crippen LogP contribution in [0.1, 0.15) is 30.9 Å². The van der Waals surface area contributed by atoms with Crippen LogP contribution in [0, 0.1) is 0 Å². The topological polar surface area (TPSA) is 64.4 Å². The molecule has 1 aromatic rings. The van der Waals surface area contributed by atoms with E-state index in [4.69, 9.17) is 10.5 Å². The molecule has 0 saturated heterocycles. The van der Waals surface area contributed by atoms with Gasteiger partial charge in [0.2, 0.25) is 5.91 Å². The van der Waals surface area contributed by atoms with Gasteiger partial charge in [0, 0.05) is 25.4 Å². The number of ether oxygens (including phenoxy) is 1. The number of hydrogen-bond donors (Lipinski definition) is 2. The smallest absolute Gasteiger partial charge is 0.220 e. The maximum Gasteiger partial charge on any atom is 0.220 e. The number of hydrogen-bond acceptors (Lipinski definition) is 3. The minimum Gasteiger partial charge on any atom is -0.493 e. The molecule has 0 spiro atoms. The molecule has 18 heavy (non-hydrogen) atoms. The zero-order valence-corrected chi connectivity index (χ0v) is 10.7. The molecule has 0 fully saturated rings. The SMILES string of the molecule is CC(N)CCC(=O)NCc1ccc2c(c1)CCO2. The van der Waals surface area contributed by atoms with Crippen LogP contribution < -0.4 is 15.8 Å². The second kappa shape index (κ2) is 5.87. The summed E-state index contributed by atoms with van der Waals surface area (Å²) in [7, 11) is 0. The highest BCUT2D eigenvalue weighted by Gasteiger charge is 2.12. The zero-order chi connectivity index (χ0) is 13.0. The average Bonchev–Trinajstić information content (AvgIpc) is 2.81. The first-order valence-electron chi connectivity index (χ1n) is 6.42. The lowest BCUT2D eigenvalue weighted by atomic mass is 10.1. The van der Waals surface area contributed by atoms with Crippen molar-refractivity contribution in [2.75, 3.05) is 6.61 Å². The molecule has 4 nitrogen and oxygen atoms in total. The van der Waals surface area contributed by atoms with E-state index >= 15 is 0 Å². The number of carbonyl (C=O) groups is 1. The fraction of sp³-hybridized carbons (Fsp3) is 0.500. The molecule has 0 aliphatic carbocycles. The van der Waals surface area contributed by atoms with Gasteiger partial charge in [-0.3, -0.25) is 4.79 Å². The summed E-state index contributed by atoms with van der Waals surface area (Å²) in [4.78, 5) is 11.6. The summed E-state index contributed by atoms with van der Waals surface area (Å²) in [6.07, 6.45) is 2.18. The molecule has 3 N–H and O–H groups in total. The lowest BCUT2D eigenvalue weighted by molar-refractivity contribution is -0.121. The standard InChI is InChI=1S/C14H20N2O2/c1-10(15)2-5-14(17)16-9-11-3-4-13-12(8-11)6-7-18-13/h3-4,8,10H,2,5-7,9,15H2,1H3,(H,16,17). The molecule has 1 unspecified atom stereocenters. The van der Waals surface area contributed by atoms with Crippen LogP contribution in [-0.2, 0) is 17.8 Å². The number of nitrogens with one attached hydrogen (secondary N) is 1. The highest BCUT2D eigenvalue weighted by molar-refractivity contribution is 5.75. The van der Waals surface area contributed by atoms with Crippen LogP contribution in [0.2, 0.25) is 0 Å². The van der Waals surface area contributed by atoms with Crippen LogP contribution in [0.15, 0.2) is 18.2 Å². The number of fused-ring (bicyclic) bond motifs is 1. The van der Waals surface area contributed by atoms with Gasteiger partial charge in [-0.25, -0.2) is 0 Å². The highest BCUT2D eigenvalue weighted by Crippen LogP contribution is 2.25. The minimum absolute atomic E-state index is 0.0593. The van der Waals surface area contributed by atoms with Crippen molar-refractivity contribution in [1.29, 1.82) is 0 Å². The monoisotopic (exact) mass is 248 g/mol. The number of nitrogens with two attached hydrogens (primary N) is 1. The van der Waals surface area contributed by atoms with Gasteiger partial charge in [-0.15, -0.1) is 0 Å². The Hall–Kier alpha value is -1.55. The van der Waals surface area contributed by atoms with Crippen LogP contribution in [0.5, 0.6) is 5.75 Å². The molecule has 98 valence electrons. The number of carbonyl (C=O) groups excluding carboxylic acids is 1. The van der Waals surface area contributed by atoms with E-state index in [-0.39, 0.29) is 11.9 Å². The maximum atomic E-state index is 11.6. The Labute approximate surface area is 108 Å². The van der Waals surface area contributed by atoms with E-state index in [1.807, 2.05) is 19.1 Å². The number of amides is 1. The Kier molecular flexibility index (Phi) is 4.20. The zero-order valence-electron chi connectivity index (χ0n) is 10.7. The van der Waals surface area contributed by atoms with Gasteiger partial charge in [-0.2, -0.15) is 0 Å². The Balaban J connectivity index is 1.81. The van der Waals surface area contributed by atoms with Gasteiger partial charge in [-0.1, -0.05) is 12.1 Å². The summed E-state index contributed by atoms with van der Waals surface area (Å²) in [5.41, 5.74) is 7.97. The number of rotatable bonds is 5. The normalized spacial score (nSPS) is 14.8. The lowest BCUT2D eigenvalue weighted by Crippen LogP contribution is -2.25. The van der Waals surface area contributed by atoms with Crippen LogP contribution in [0.4, 0.5) is 0 Å². The van der Waals surface area contributed by atoms with E-state index in [2.05, 4.69) is 11.4 Å². The molecule has 0 bridgehead atoms. The fourth-order valence-electron chi connectivity index (χ4n) is 2.00. The maximum absolute atomic E-state index is 11.6. The van der Waals surface area contributed by atoms with Crippen molar-refractivity contribution in [2.45, 2.75) is 38.8 Å². The first-order chi connectivity index (χ1) is 8.65. The fourth-order valence-corrected chi connectivity index (χ4v) is 2.00. The summed E-state index contributed by atoms with van der Waals surface area (Å²) in [5.74, 6) is 1.03. The first-order valence-corrected chi connectivity index (χ1v) is 6.42. The van der Waals surface area contributed by atoms with Gasteiger partial charge in [0.15, 0.2) is 0 Å². The minimum atomic E-state index is 0.0593. The van der Waals surface area contributed by atoms with E-state index in [0.29, 0.717) is 13.0 Å². The van der Waals surface area contributed by atoms with Crippen molar-refractivity contribution < 1.29 is 9.53 Å². The Morgan fingerprint density at radius 1 is 1.56 bits per heavy atom. The summed E-state index contributed by atoms with van der Waals surface area (Å²) in [5, 5.41) is 2.91. The predicted molar refractivity (Wildman–Crippen MR) is 70.4 cm³/mol. The molecule has 2 rings (SSSR count). The van der Waals surface area contributed by atoms with Crippen molar-refractivity contribution in [3.8, 4) is 5.75 Å². The summed E-state index contributed by atoms with van der Waals surface area (Å²) in [6, 6.07) is 6.16. The van der Waals surface area contributed by atoms with Crippen LogP contribution in [0.3, 0.4) is 0 Å². The van der Waals surface area contributed by atoms with Crippen LogP contribution >= 0.6 is 0 Å². The third-order valence-electron chi connectivity index (χ3n) is 3.07. The van der Waals surface area contributed by atoms with Gasteiger partial charge >= 0.3 is 0 Å². The highest BCUT2D eigenvalue weighted by atomic mass is 16.5. The quantitative estimate of drug-likeness (QED) is 0.827. The molecule has 1 aromatic carbocycles. The van der Waals surface area contributed by atoms with E-state index < -0.39 is 0 Å². The summed E-state index contributed by atoms with van der Waals surface area (Å²) in [6.45, 7) is 3.25. The second-order valence-corrected chi connectivity index (χ2v) is 4.83. The van der Waals surface area contributed by atoms with Crippen molar-refractivity contribution in [3.63, 3.8) is 0 Å². The lowest BCUT2D eigenvalue weighted by Gasteiger charge is -2.08. The Bertz CT molecular complexity index is 430. The van der Waals surface area contributed by atoms with Gasteiger partial charge in [-0.05, 0) is 30.5 Å². The largest absolute Gasteiger partial charge is 0.493 e. The predicted octanol–water partition coefficient (Wildman–Crippen LogP) is 1.37. The molecular formula is C14H20N2O2. The molecule has 0 aromatic heterocycles. The second-order valence-electron chi connectivity index (χ2n) is 4.83. The van der Waals surface area contributed by atoms with Crippen molar-refractivity contribution in [3.05, 3.63) is 29.3 Å². The molecule has 1 amide bonds. The van der Waals surface area contributed by atoms with Crippen molar-refractivity contribution in [2.24, 2.45) is 5.73 Å².